The van der Waals surface area contributed by atoms with Crippen LogP contribution in [0, 0.1) is 53.8 Å². The highest BCUT2D eigenvalue weighted by Crippen LogP contribution is 2.63. The van der Waals surface area contributed by atoms with Crippen LogP contribution in [0.5, 0.6) is 0 Å². The second-order valence-electron chi connectivity index (χ2n) is 20.3. The van der Waals surface area contributed by atoms with E-state index in [4.69, 9.17) is 4.74 Å². The van der Waals surface area contributed by atoms with E-state index in [-0.39, 0.29) is 11.5 Å². The van der Waals surface area contributed by atoms with Crippen LogP contribution in [0.1, 0.15) is 87.1 Å². The minimum atomic E-state index is -0.408. The molecule has 0 aromatic heterocycles. The Morgan fingerprint density at radius 3 is 2.32 bits per heavy atom. The molecule has 62 heavy (non-hydrogen) atoms. The van der Waals surface area contributed by atoms with Crippen LogP contribution in [0.4, 0.5) is 5.69 Å². The Balaban J connectivity index is 1.05. The largest absolute Gasteiger partial charge is 0.485 e. The summed E-state index contributed by atoms with van der Waals surface area (Å²) in [6, 6.07) is 27.8. The van der Waals surface area contributed by atoms with Gasteiger partial charge in [0.1, 0.15) is 11.9 Å². The molecule has 0 bridgehead atoms. The number of hydrogen-bond acceptors (Lipinski definition) is 2. The average molecular weight is 810 g/mol. The third-order valence-electron chi connectivity index (χ3n) is 16.6. The van der Waals surface area contributed by atoms with Crippen LogP contribution in [0.2, 0.25) is 0 Å². The molecule has 8 atom stereocenters. The lowest BCUT2D eigenvalue weighted by molar-refractivity contribution is 0.160. The van der Waals surface area contributed by atoms with Crippen LogP contribution < -0.4 is 4.90 Å². The summed E-state index contributed by atoms with van der Waals surface area (Å²) in [6.07, 6.45) is 42.9. The first-order valence-electron chi connectivity index (χ1n) is 23.7. The van der Waals surface area contributed by atoms with Gasteiger partial charge in [-0.05, 0) is 137 Å². The molecule has 8 aliphatic carbocycles. The molecule has 1 heterocycles. The van der Waals surface area contributed by atoms with Crippen LogP contribution in [-0.2, 0) is 10.2 Å². The van der Waals surface area contributed by atoms with Gasteiger partial charge in [0.2, 0.25) is 0 Å². The van der Waals surface area contributed by atoms with Gasteiger partial charge >= 0.3 is 0 Å². The fourth-order valence-corrected chi connectivity index (χ4v) is 14.0. The highest BCUT2D eigenvalue weighted by molar-refractivity contribution is 5.97. The number of fused-ring (bicyclic) bond motifs is 8. The van der Waals surface area contributed by atoms with Gasteiger partial charge in [0.15, 0.2) is 0 Å². The monoisotopic (exact) mass is 809 g/mol. The first-order chi connectivity index (χ1) is 30.3. The first kappa shape index (κ1) is 38.1. The van der Waals surface area contributed by atoms with Gasteiger partial charge in [-0.3, -0.25) is 0 Å². The molecule has 1 aliphatic heterocycles. The van der Waals surface area contributed by atoms with E-state index in [9.17, 15) is 0 Å². The second kappa shape index (κ2) is 14.5. The molecule has 3 aromatic carbocycles. The minimum absolute atomic E-state index is 0.0797. The molecule has 0 spiro atoms. The van der Waals surface area contributed by atoms with Crippen molar-refractivity contribution in [1.82, 2.24) is 0 Å². The van der Waals surface area contributed by atoms with Gasteiger partial charge in [-0.25, -0.2) is 0 Å². The van der Waals surface area contributed by atoms with Crippen molar-refractivity contribution in [2.45, 2.75) is 77.7 Å². The zero-order chi connectivity index (χ0) is 41.7. The van der Waals surface area contributed by atoms with Gasteiger partial charge in [-0.2, -0.15) is 0 Å². The molecule has 2 nitrogen and oxygen atoms in total. The maximum atomic E-state index is 6.81. The van der Waals surface area contributed by atoms with Crippen molar-refractivity contribution in [3.05, 3.63) is 226 Å². The molecular weight excluding hydrogens is 751 g/mol. The minimum Gasteiger partial charge on any atom is -0.485 e. The summed E-state index contributed by atoms with van der Waals surface area (Å²) in [6.45, 7) is 9.77. The molecule has 12 rings (SSSR count). The van der Waals surface area contributed by atoms with Crippen molar-refractivity contribution < 1.29 is 4.74 Å². The number of ether oxygens (including phenoxy) is 1. The second-order valence-corrected chi connectivity index (χ2v) is 20.3. The molecule has 9 aliphatic rings. The zero-order valence-electron chi connectivity index (χ0n) is 36.8. The summed E-state index contributed by atoms with van der Waals surface area (Å²) < 4.78 is 6.81. The summed E-state index contributed by atoms with van der Waals surface area (Å²) >= 11 is 0. The molecule has 310 valence electrons. The van der Waals surface area contributed by atoms with Crippen molar-refractivity contribution in [3.8, 4) is 0 Å². The van der Waals surface area contributed by atoms with Gasteiger partial charge in [-0.15, -0.1) is 0 Å². The molecule has 8 unspecified atom stereocenters. The Hall–Kier alpha value is -5.60. The van der Waals surface area contributed by atoms with E-state index in [1.807, 2.05) is 0 Å². The van der Waals surface area contributed by atoms with Gasteiger partial charge in [-0.1, -0.05) is 166 Å². The number of hydrogen-bond donors (Lipinski definition) is 0. The van der Waals surface area contributed by atoms with Crippen LogP contribution >= 0.6 is 0 Å². The Bertz CT molecular complexity index is 2660. The summed E-state index contributed by atoms with van der Waals surface area (Å²) in [7, 11) is 0. The maximum absolute atomic E-state index is 6.81. The fraction of sp³-hybridized carbons (Fsp3) is 0.333. The Labute approximate surface area is 369 Å². The van der Waals surface area contributed by atoms with Crippen LogP contribution in [-0.4, -0.2) is 6.10 Å². The lowest BCUT2D eigenvalue weighted by atomic mass is 9.64. The molecule has 0 radical (unpaired) electrons. The topological polar surface area (TPSA) is 12.5 Å². The van der Waals surface area contributed by atoms with Crippen LogP contribution in [0.25, 0.3) is 5.57 Å². The van der Waals surface area contributed by atoms with E-state index < -0.39 is 5.41 Å². The summed E-state index contributed by atoms with van der Waals surface area (Å²) in [5, 5.41) is 0. The van der Waals surface area contributed by atoms with E-state index in [0.717, 1.165) is 44.3 Å². The average Bonchev–Trinajstić information content (AvgIpc) is 3.91. The Morgan fingerprint density at radius 1 is 0.758 bits per heavy atom. The lowest BCUT2D eigenvalue weighted by Crippen LogP contribution is -2.34. The molecule has 1 saturated heterocycles. The van der Waals surface area contributed by atoms with E-state index in [0.29, 0.717) is 41.4 Å². The van der Waals surface area contributed by atoms with Gasteiger partial charge in [0.05, 0.1) is 11.1 Å². The predicted molar refractivity (Wildman–Crippen MR) is 256 cm³/mol. The fourth-order valence-electron chi connectivity index (χ4n) is 14.0. The van der Waals surface area contributed by atoms with Gasteiger partial charge < -0.3 is 9.64 Å². The quantitative estimate of drug-likeness (QED) is 0.230. The highest BCUT2D eigenvalue weighted by Gasteiger charge is 2.56. The van der Waals surface area contributed by atoms with Crippen molar-refractivity contribution in [1.29, 1.82) is 0 Å². The number of rotatable bonds is 6. The lowest BCUT2D eigenvalue weighted by Gasteiger charge is -2.41. The normalized spacial score (nSPS) is 31.3. The zero-order valence-corrected chi connectivity index (χ0v) is 36.8. The van der Waals surface area contributed by atoms with Gasteiger partial charge in [0, 0.05) is 34.5 Å². The molecule has 3 aromatic rings. The van der Waals surface area contributed by atoms with E-state index in [1.165, 1.54) is 67.2 Å². The summed E-state index contributed by atoms with van der Waals surface area (Å²) in [5.41, 5.74) is 16.2. The summed E-state index contributed by atoms with van der Waals surface area (Å²) in [5.74, 6) is 5.11. The highest BCUT2D eigenvalue weighted by atomic mass is 16.5. The molecule has 0 N–H and O–H groups in total. The van der Waals surface area contributed by atoms with Gasteiger partial charge in [0.25, 0.3) is 0 Å². The van der Waals surface area contributed by atoms with Crippen LogP contribution in [0.15, 0.2) is 198 Å². The molecule has 2 heteroatoms. The maximum Gasteiger partial charge on any atom is 0.128 e. The van der Waals surface area contributed by atoms with E-state index in [1.54, 1.807) is 0 Å². The summed E-state index contributed by atoms with van der Waals surface area (Å²) in [4.78, 5) is 2.72. The predicted octanol–water partition coefficient (Wildman–Crippen LogP) is 14.4. The molecule has 2 fully saturated rings. The van der Waals surface area contributed by atoms with Crippen molar-refractivity contribution in [2.24, 2.45) is 46.8 Å². The SMILES string of the molecule is Cc1cc(N(C2=CCC(C3CC=CC4C3C3C=CC=CC3C4(C)C)C=C2)C2=C3C(=CCC2)OC2CC=CC=C32)c2c(c1)C(c1ccccc1)(c1ccccc1)C1=C2C=CC(C)C1. The van der Waals surface area contributed by atoms with Crippen molar-refractivity contribution >= 4 is 11.3 Å². The number of benzene rings is 3. The van der Waals surface area contributed by atoms with Crippen LogP contribution in [0.3, 0.4) is 0 Å². The Morgan fingerprint density at radius 2 is 1.55 bits per heavy atom. The third kappa shape index (κ3) is 5.54. The number of nitrogens with zero attached hydrogens (tertiary/aromatic N) is 1. The van der Waals surface area contributed by atoms with E-state index in [2.05, 4.69) is 197 Å². The Kier molecular flexibility index (Phi) is 8.90. The van der Waals surface area contributed by atoms with Crippen molar-refractivity contribution in [3.63, 3.8) is 0 Å². The molecule has 0 amide bonds. The smallest absolute Gasteiger partial charge is 0.128 e. The first-order valence-corrected chi connectivity index (χ1v) is 23.7. The van der Waals surface area contributed by atoms with E-state index >= 15 is 0 Å². The standard InChI is InChI=1S/C60H59NO/c1-38-29-34-46-50(35-38)60(41-17-7-5-8-18-41,42-19-9-6-10-20-42)51-36-39(2)37-53(57(46)51)61(52-26-16-28-55-58(52)47-22-12-14-27-54(47)62-55)43-32-30-40(31-33-43)44-23-15-25-49-56(44)45-21-11-13-24-48(45)59(49,3)4/h5-15,17-22,24-25,28-30,32-34,36-38,40,44-45,48-49,54,56H,16,23,26-27,31,35H2,1-4H3. The molecule has 1 saturated carbocycles. The molecular formula is C60H59NO. The number of anilines is 1. The number of aryl methyl sites for hydroxylation is 1. The number of allylic oxidation sites excluding steroid dienone is 18. The third-order valence-corrected chi connectivity index (χ3v) is 16.6. The van der Waals surface area contributed by atoms with Crippen molar-refractivity contribution in [2.75, 3.05) is 4.90 Å².